The number of amides is 2. The molecule has 112 valence electrons. The molecule has 2 N–H and O–H groups in total. The molecular weight excluding hydrogens is 272 g/mol. The highest BCUT2D eigenvalue weighted by Crippen LogP contribution is 2.25. The molecule has 6 heteroatoms. The van der Waals surface area contributed by atoms with E-state index in [-0.39, 0.29) is 25.0 Å². The first-order valence-corrected chi connectivity index (χ1v) is 6.67. The van der Waals surface area contributed by atoms with Crippen LogP contribution in [0.3, 0.4) is 0 Å². The van der Waals surface area contributed by atoms with E-state index in [2.05, 4.69) is 10.6 Å². The Hall–Kier alpha value is -2.34. The Labute approximate surface area is 123 Å². The van der Waals surface area contributed by atoms with Crippen LogP contribution < -0.4 is 15.4 Å². The molecule has 0 radical (unpaired) electrons. The molecule has 0 aliphatic carbocycles. The van der Waals surface area contributed by atoms with Gasteiger partial charge in [-0.15, -0.1) is 0 Å². The van der Waals surface area contributed by atoms with Gasteiger partial charge < -0.3 is 20.1 Å². The molecule has 0 fully saturated rings. The van der Waals surface area contributed by atoms with Crippen LogP contribution in [0.5, 0.6) is 5.75 Å². The summed E-state index contributed by atoms with van der Waals surface area (Å²) >= 11 is 0. The average molecular weight is 290 g/mol. The highest BCUT2D eigenvalue weighted by Gasteiger charge is 2.17. The van der Waals surface area contributed by atoms with Crippen LogP contribution in [0.25, 0.3) is 6.08 Å². The second-order valence-corrected chi connectivity index (χ2v) is 4.52. The first-order valence-electron chi connectivity index (χ1n) is 6.67. The minimum Gasteiger partial charge on any atom is -0.488 e. The van der Waals surface area contributed by atoms with Crippen molar-refractivity contribution < 1.29 is 19.1 Å². The van der Waals surface area contributed by atoms with E-state index in [0.29, 0.717) is 18.7 Å². The molecule has 1 aliphatic rings. The summed E-state index contributed by atoms with van der Waals surface area (Å²) in [5.41, 5.74) is 1.36. The second kappa shape index (κ2) is 7.44. The Morgan fingerprint density at radius 2 is 2.10 bits per heavy atom. The molecule has 0 saturated heterocycles. The molecule has 2 amide bonds. The maximum atomic E-state index is 12.0. The molecule has 1 aromatic rings. The summed E-state index contributed by atoms with van der Waals surface area (Å²) in [6.07, 6.45) is 1.77. The van der Waals surface area contributed by atoms with Gasteiger partial charge in [0.05, 0.1) is 18.7 Å². The van der Waals surface area contributed by atoms with Gasteiger partial charge in [-0.3, -0.25) is 9.59 Å². The second-order valence-electron chi connectivity index (χ2n) is 4.52. The number of carbonyl (C=O) groups is 2. The minimum atomic E-state index is -0.300. The largest absolute Gasteiger partial charge is 0.488 e. The van der Waals surface area contributed by atoms with Crippen molar-refractivity contribution in [2.24, 2.45) is 0 Å². The lowest BCUT2D eigenvalue weighted by molar-refractivity contribution is -0.124. The van der Waals surface area contributed by atoms with E-state index in [1.165, 1.54) is 0 Å². The van der Waals surface area contributed by atoms with Crippen LogP contribution in [0.4, 0.5) is 0 Å². The van der Waals surface area contributed by atoms with E-state index in [4.69, 9.17) is 9.47 Å². The Balaban J connectivity index is 1.84. The molecule has 0 atom stereocenters. The summed E-state index contributed by atoms with van der Waals surface area (Å²) in [6.45, 7) is 0.996. The first-order chi connectivity index (χ1) is 10.2. The predicted octanol–water partition coefficient (Wildman–Crippen LogP) is 0.341. The van der Waals surface area contributed by atoms with E-state index in [1.54, 1.807) is 13.2 Å². The Kier molecular flexibility index (Phi) is 5.34. The van der Waals surface area contributed by atoms with Gasteiger partial charge in [-0.1, -0.05) is 18.2 Å². The van der Waals surface area contributed by atoms with Crippen LogP contribution in [0.15, 0.2) is 29.8 Å². The maximum absolute atomic E-state index is 12.0. The van der Waals surface area contributed by atoms with Crippen LogP contribution in [-0.4, -0.2) is 45.2 Å². The third kappa shape index (κ3) is 4.32. The van der Waals surface area contributed by atoms with Crippen LogP contribution in [0, 0.1) is 0 Å². The van der Waals surface area contributed by atoms with Crippen molar-refractivity contribution in [3.05, 3.63) is 35.4 Å². The zero-order chi connectivity index (χ0) is 15.1. The zero-order valence-corrected chi connectivity index (χ0v) is 11.8. The van der Waals surface area contributed by atoms with Crippen LogP contribution in [0.2, 0.25) is 0 Å². The Bertz CT molecular complexity index is 554. The minimum absolute atomic E-state index is 0.0679. The smallest absolute Gasteiger partial charge is 0.251 e. The monoisotopic (exact) mass is 290 g/mol. The third-order valence-corrected chi connectivity index (χ3v) is 2.96. The van der Waals surface area contributed by atoms with Crippen molar-refractivity contribution in [3.63, 3.8) is 0 Å². The summed E-state index contributed by atoms with van der Waals surface area (Å²) < 4.78 is 10.3. The predicted molar refractivity (Wildman–Crippen MR) is 77.8 cm³/mol. The number of rotatable bonds is 6. The van der Waals surface area contributed by atoms with Gasteiger partial charge >= 0.3 is 0 Å². The van der Waals surface area contributed by atoms with Crippen molar-refractivity contribution in [2.75, 3.05) is 33.4 Å². The van der Waals surface area contributed by atoms with Crippen molar-refractivity contribution in [1.29, 1.82) is 0 Å². The summed E-state index contributed by atoms with van der Waals surface area (Å²) in [5.74, 6) is 0.205. The molecule has 6 nitrogen and oxygen atoms in total. The van der Waals surface area contributed by atoms with Gasteiger partial charge in [-0.25, -0.2) is 0 Å². The molecule has 1 heterocycles. The van der Waals surface area contributed by atoms with Crippen molar-refractivity contribution in [1.82, 2.24) is 10.6 Å². The average Bonchev–Trinajstić information content (AvgIpc) is 2.52. The number of hydrogen-bond donors (Lipinski definition) is 2. The summed E-state index contributed by atoms with van der Waals surface area (Å²) in [7, 11) is 1.56. The van der Waals surface area contributed by atoms with Gasteiger partial charge in [0.1, 0.15) is 12.4 Å². The van der Waals surface area contributed by atoms with Gasteiger partial charge in [-0.05, 0) is 12.1 Å². The molecule has 2 rings (SSSR count). The van der Waals surface area contributed by atoms with E-state index in [9.17, 15) is 9.59 Å². The topological polar surface area (TPSA) is 76.7 Å². The SMILES string of the molecule is COCCNC(=O)CNC(=O)C1=Cc2ccccc2OC1. The molecular formula is C15H18N2O4. The molecule has 0 aromatic heterocycles. The fourth-order valence-corrected chi connectivity index (χ4v) is 1.88. The van der Waals surface area contributed by atoms with Crippen LogP contribution in [-0.2, 0) is 14.3 Å². The fourth-order valence-electron chi connectivity index (χ4n) is 1.88. The van der Waals surface area contributed by atoms with Crippen molar-refractivity contribution in [3.8, 4) is 5.75 Å². The summed E-state index contributed by atoms with van der Waals surface area (Å²) in [5, 5.41) is 5.20. The Morgan fingerprint density at radius 1 is 1.29 bits per heavy atom. The standard InChI is InChI=1S/C15H18N2O4/c1-20-7-6-16-14(18)9-17-15(19)12-8-11-4-2-3-5-13(11)21-10-12/h2-5,8H,6-7,9-10H2,1H3,(H,16,18)(H,17,19). The number of benzene rings is 1. The number of hydrogen-bond acceptors (Lipinski definition) is 4. The lowest BCUT2D eigenvalue weighted by atomic mass is 10.1. The van der Waals surface area contributed by atoms with E-state index < -0.39 is 0 Å². The number of fused-ring (bicyclic) bond motifs is 1. The molecule has 0 bridgehead atoms. The van der Waals surface area contributed by atoms with Crippen molar-refractivity contribution in [2.45, 2.75) is 0 Å². The number of methoxy groups -OCH3 is 1. The highest BCUT2D eigenvalue weighted by molar-refractivity contribution is 6.00. The molecule has 21 heavy (non-hydrogen) atoms. The van der Waals surface area contributed by atoms with Gasteiger partial charge in [0.15, 0.2) is 0 Å². The van der Waals surface area contributed by atoms with Gasteiger partial charge in [0.2, 0.25) is 5.91 Å². The third-order valence-electron chi connectivity index (χ3n) is 2.96. The van der Waals surface area contributed by atoms with Crippen LogP contribution >= 0.6 is 0 Å². The summed E-state index contributed by atoms with van der Waals surface area (Å²) in [4.78, 5) is 23.4. The lowest BCUT2D eigenvalue weighted by Gasteiger charge is -2.17. The highest BCUT2D eigenvalue weighted by atomic mass is 16.5. The molecule has 0 saturated carbocycles. The quantitative estimate of drug-likeness (QED) is 0.741. The summed E-state index contributed by atoms with van der Waals surface area (Å²) in [6, 6.07) is 7.48. The van der Waals surface area contributed by atoms with Gasteiger partial charge in [-0.2, -0.15) is 0 Å². The van der Waals surface area contributed by atoms with Gasteiger partial charge in [0, 0.05) is 19.2 Å². The van der Waals surface area contributed by atoms with E-state index in [0.717, 1.165) is 11.3 Å². The Morgan fingerprint density at radius 3 is 2.90 bits per heavy atom. The molecule has 0 unspecified atom stereocenters. The number of carbonyl (C=O) groups excluding carboxylic acids is 2. The molecule has 0 spiro atoms. The number of ether oxygens (including phenoxy) is 2. The fraction of sp³-hybridized carbons (Fsp3) is 0.333. The van der Waals surface area contributed by atoms with Gasteiger partial charge in [0.25, 0.3) is 5.91 Å². The van der Waals surface area contributed by atoms with E-state index in [1.807, 2.05) is 24.3 Å². The van der Waals surface area contributed by atoms with Crippen molar-refractivity contribution >= 4 is 17.9 Å². The van der Waals surface area contributed by atoms with Crippen LogP contribution in [0.1, 0.15) is 5.56 Å². The molecule has 1 aromatic carbocycles. The number of para-hydroxylation sites is 1. The number of nitrogens with one attached hydrogen (secondary N) is 2. The van der Waals surface area contributed by atoms with E-state index >= 15 is 0 Å². The molecule has 1 aliphatic heterocycles. The first kappa shape index (κ1) is 15.1. The lowest BCUT2D eigenvalue weighted by Crippen LogP contribution is -2.39. The zero-order valence-electron chi connectivity index (χ0n) is 11.8. The maximum Gasteiger partial charge on any atom is 0.251 e. The normalized spacial score (nSPS) is 12.7.